The van der Waals surface area contributed by atoms with Gasteiger partial charge in [-0.15, -0.1) is 0 Å². The number of hydrogen-bond donors (Lipinski definition) is 2. The van der Waals surface area contributed by atoms with Crippen molar-refractivity contribution in [2.24, 2.45) is 0 Å². The Bertz CT molecular complexity index is 331. The number of halogens is 3. The van der Waals surface area contributed by atoms with Crippen molar-refractivity contribution in [2.45, 2.75) is 24.9 Å². The van der Waals surface area contributed by atoms with Gasteiger partial charge in [0, 0.05) is 0 Å². The monoisotopic (exact) mass is 235 g/mol. The molecule has 0 heterocycles. The first-order valence-corrected chi connectivity index (χ1v) is 4.72. The summed E-state index contributed by atoms with van der Waals surface area (Å²) in [7, 11) is -5.63. The molecular weight excluding hydrogens is 227 g/mol. The highest BCUT2D eigenvalue weighted by atomic mass is 32.2. The van der Waals surface area contributed by atoms with E-state index in [4.69, 9.17) is 5.11 Å². The number of carbonyl (C=O) groups is 1. The standard InChI is InChI=1S/C5H8F3NO4S/c1-4(2,3(10)11)9-14(12,13)5(6,7)8/h9H,1-2H3,(H,10,11). The van der Waals surface area contributed by atoms with Gasteiger partial charge < -0.3 is 5.11 Å². The average Bonchev–Trinajstić information content (AvgIpc) is 1.80. The maximum Gasteiger partial charge on any atom is 0.511 e. The smallest absolute Gasteiger partial charge is 0.480 e. The van der Waals surface area contributed by atoms with Crippen molar-refractivity contribution in [3.63, 3.8) is 0 Å². The molecule has 14 heavy (non-hydrogen) atoms. The van der Waals surface area contributed by atoms with Gasteiger partial charge in [-0.2, -0.15) is 17.9 Å². The van der Waals surface area contributed by atoms with Gasteiger partial charge in [-0.1, -0.05) is 0 Å². The molecule has 2 N–H and O–H groups in total. The van der Waals surface area contributed by atoms with Gasteiger partial charge in [0.15, 0.2) is 0 Å². The first kappa shape index (κ1) is 13.2. The Labute approximate surface area is 78.0 Å². The summed E-state index contributed by atoms with van der Waals surface area (Å²) in [6.45, 7) is 1.61. The fourth-order valence-electron chi connectivity index (χ4n) is 0.437. The molecule has 84 valence electrons. The van der Waals surface area contributed by atoms with Crippen LogP contribution >= 0.6 is 0 Å². The lowest BCUT2D eigenvalue weighted by Crippen LogP contribution is -2.53. The van der Waals surface area contributed by atoms with Crippen molar-refractivity contribution in [2.75, 3.05) is 0 Å². The zero-order valence-corrected chi connectivity index (χ0v) is 8.03. The summed E-state index contributed by atoms with van der Waals surface area (Å²) in [5.41, 5.74) is -7.71. The number of sulfonamides is 1. The summed E-state index contributed by atoms with van der Waals surface area (Å²) >= 11 is 0. The van der Waals surface area contributed by atoms with Crippen LogP contribution in [0.1, 0.15) is 13.8 Å². The van der Waals surface area contributed by atoms with Crippen molar-refractivity contribution in [1.82, 2.24) is 4.72 Å². The second kappa shape index (κ2) is 3.39. The number of hydrogen-bond acceptors (Lipinski definition) is 3. The van der Waals surface area contributed by atoms with Gasteiger partial charge in [0.1, 0.15) is 5.54 Å². The van der Waals surface area contributed by atoms with Gasteiger partial charge in [-0.25, -0.2) is 8.42 Å². The van der Waals surface area contributed by atoms with Crippen LogP contribution in [0.3, 0.4) is 0 Å². The maximum absolute atomic E-state index is 11.8. The lowest BCUT2D eigenvalue weighted by Gasteiger charge is -2.21. The minimum absolute atomic E-state index is 0.804. The molecule has 9 heteroatoms. The van der Waals surface area contributed by atoms with Crippen LogP contribution in [-0.4, -0.2) is 30.5 Å². The molecule has 0 aliphatic carbocycles. The second-order valence-corrected chi connectivity index (χ2v) is 4.66. The lowest BCUT2D eigenvalue weighted by atomic mass is 10.1. The topological polar surface area (TPSA) is 83.5 Å². The van der Waals surface area contributed by atoms with Crippen molar-refractivity contribution >= 4 is 16.0 Å². The summed E-state index contributed by atoms with van der Waals surface area (Å²) in [4.78, 5) is 10.3. The van der Waals surface area contributed by atoms with Crippen LogP contribution in [0.4, 0.5) is 13.2 Å². The van der Waals surface area contributed by atoms with Crippen molar-refractivity contribution in [3.8, 4) is 0 Å². The number of carboxylic acids is 1. The predicted molar refractivity (Wildman–Crippen MR) is 39.8 cm³/mol. The highest BCUT2D eigenvalue weighted by Gasteiger charge is 2.49. The number of alkyl halides is 3. The van der Waals surface area contributed by atoms with Crippen LogP contribution in [0, 0.1) is 0 Å². The van der Waals surface area contributed by atoms with Crippen molar-refractivity contribution < 1.29 is 31.5 Å². The second-order valence-electron chi connectivity index (χ2n) is 2.98. The fourth-order valence-corrected chi connectivity index (χ4v) is 1.31. The average molecular weight is 235 g/mol. The minimum Gasteiger partial charge on any atom is -0.480 e. The molecular formula is C5H8F3NO4S. The SMILES string of the molecule is CC(C)(NS(=O)(=O)C(F)(F)F)C(=O)O. The van der Waals surface area contributed by atoms with Gasteiger partial charge in [0.05, 0.1) is 0 Å². The number of aliphatic carboxylic acids is 1. The molecule has 0 aliphatic rings. The van der Waals surface area contributed by atoms with Gasteiger partial charge in [0.25, 0.3) is 0 Å². The number of nitrogens with one attached hydrogen (secondary N) is 1. The summed E-state index contributed by atoms with van der Waals surface area (Å²) in [6, 6.07) is 0. The predicted octanol–water partition coefficient (Wildman–Crippen LogP) is 0.289. The molecule has 0 unspecified atom stereocenters. The quantitative estimate of drug-likeness (QED) is 0.736. The third-order valence-electron chi connectivity index (χ3n) is 1.23. The van der Waals surface area contributed by atoms with E-state index in [1.807, 2.05) is 0 Å². The normalized spacial score (nSPS) is 14.1. The molecule has 0 aromatic rings. The summed E-state index contributed by atoms with van der Waals surface area (Å²) < 4.78 is 57.3. The molecule has 5 nitrogen and oxygen atoms in total. The summed E-state index contributed by atoms with van der Waals surface area (Å²) in [5.74, 6) is -1.70. The minimum atomic E-state index is -5.63. The molecule has 0 radical (unpaired) electrons. The largest absolute Gasteiger partial charge is 0.511 e. The van der Waals surface area contributed by atoms with E-state index in [0.717, 1.165) is 18.6 Å². The lowest BCUT2D eigenvalue weighted by molar-refractivity contribution is -0.142. The van der Waals surface area contributed by atoms with E-state index in [1.165, 1.54) is 0 Å². The molecule has 0 amide bonds. The Hall–Kier alpha value is -0.830. The first-order valence-electron chi connectivity index (χ1n) is 3.24. The van der Waals surface area contributed by atoms with Crippen molar-refractivity contribution in [1.29, 1.82) is 0 Å². The number of carboxylic acid groups (broad SMARTS) is 1. The zero-order chi connectivity index (χ0) is 11.8. The number of rotatable bonds is 3. The molecule has 0 bridgehead atoms. The third-order valence-corrected chi connectivity index (χ3v) is 2.62. The van der Waals surface area contributed by atoms with Crippen LogP contribution in [0.15, 0.2) is 0 Å². The van der Waals surface area contributed by atoms with E-state index < -0.39 is 27.0 Å². The fraction of sp³-hybridized carbons (Fsp3) is 0.800. The van der Waals surface area contributed by atoms with Crippen LogP contribution in [0.25, 0.3) is 0 Å². The third kappa shape index (κ3) is 2.84. The molecule has 0 aliphatic heterocycles. The van der Waals surface area contributed by atoms with Gasteiger partial charge in [-0.3, -0.25) is 4.79 Å². The molecule has 0 spiro atoms. The highest BCUT2D eigenvalue weighted by molar-refractivity contribution is 7.90. The van der Waals surface area contributed by atoms with Gasteiger partial charge in [-0.05, 0) is 13.8 Å². The van der Waals surface area contributed by atoms with E-state index in [0.29, 0.717) is 0 Å². The van der Waals surface area contributed by atoms with E-state index in [2.05, 4.69) is 0 Å². The van der Waals surface area contributed by atoms with Crippen LogP contribution < -0.4 is 4.72 Å². The Kier molecular flexibility index (Phi) is 3.19. The van der Waals surface area contributed by atoms with Crippen LogP contribution in [-0.2, 0) is 14.8 Å². The molecule has 0 aromatic heterocycles. The maximum atomic E-state index is 11.8. The summed E-state index contributed by atoms with van der Waals surface area (Å²) in [5, 5.41) is 8.38. The van der Waals surface area contributed by atoms with E-state index in [1.54, 1.807) is 0 Å². The summed E-state index contributed by atoms with van der Waals surface area (Å²) in [6.07, 6.45) is 0. The van der Waals surface area contributed by atoms with Crippen molar-refractivity contribution in [3.05, 3.63) is 0 Å². The van der Waals surface area contributed by atoms with Crippen LogP contribution in [0.5, 0.6) is 0 Å². The van der Waals surface area contributed by atoms with E-state index >= 15 is 0 Å². The molecule has 0 rings (SSSR count). The zero-order valence-electron chi connectivity index (χ0n) is 7.21. The first-order chi connectivity index (χ1) is 5.90. The molecule has 0 atom stereocenters. The molecule has 0 fully saturated rings. The Morgan fingerprint density at radius 3 is 1.86 bits per heavy atom. The highest BCUT2D eigenvalue weighted by Crippen LogP contribution is 2.23. The van der Waals surface area contributed by atoms with Gasteiger partial charge >= 0.3 is 21.5 Å². The Morgan fingerprint density at radius 2 is 1.64 bits per heavy atom. The Morgan fingerprint density at radius 1 is 1.29 bits per heavy atom. The van der Waals surface area contributed by atoms with E-state index in [9.17, 15) is 26.4 Å². The molecule has 0 saturated heterocycles. The Balaban J connectivity index is 4.97. The molecule has 0 aromatic carbocycles. The van der Waals surface area contributed by atoms with Crippen LogP contribution in [0.2, 0.25) is 0 Å². The van der Waals surface area contributed by atoms with E-state index in [-0.39, 0.29) is 0 Å². The van der Waals surface area contributed by atoms with Gasteiger partial charge in [0.2, 0.25) is 0 Å². The molecule has 0 saturated carbocycles.